The Balaban J connectivity index is 0. The summed E-state index contributed by atoms with van der Waals surface area (Å²) < 4.78 is 0. The molecule has 0 amide bonds. The van der Waals surface area contributed by atoms with Crippen molar-refractivity contribution in [3.63, 3.8) is 0 Å². The highest BCUT2D eigenvalue weighted by atomic mass is 14.8. The van der Waals surface area contributed by atoms with Gasteiger partial charge in [0.05, 0.1) is 0 Å². The van der Waals surface area contributed by atoms with Gasteiger partial charge in [-0.3, -0.25) is 0 Å². The molecule has 0 saturated heterocycles. The third-order valence-corrected chi connectivity index (χ3v) is 2.20. The van der Waals surface area contributed by atoms with Crippen LogP contribution in [0.1, 0.15) is 66.5 Å². The molecular weight excluding hydrogens is 230 g/mol. The minimum Gasteiger partial charge on any atom is -0.316 e. The van der Waals surface area contributed by atoms with Gasteiger partial charge in [-0.15, -0.1) is 0 Å². The summed E-state index contributed by atoms with van der Waals surface area (Å²) in [5.74, 6) is 0.833. The Hall–Kier alpha value is -0.820. The molecule has 0 fully saturated rings. The molecule has 0 aliphatic heterocycles. The van der Waals surface area contributed by atoms with Gasteiger partial charge in [0.25, 0.3) is 0 Å². The predicted octanol–water partition coefficient (Wildman–Crippen LogP) is 5.39. The highest BCUT2D eigenvalue weighted by molar-refractivity contribution is 5.27. The average Bonchev–Trinajstić information content (AvgIpc) is 2.31. The number of benzene rings is 1. The molecule has 0 heterocycles. The Labute approximate surface area is 121 Å². The van der Waals surface area contributed by atoms with Crippen LogP contribution in [-0.4, -0.2) is 7.05 Å². The summed E-state index contributed by atoms with van der Waals surface area (Å²) in [7, 11) is 1.97. The van der Waals surface area contributed by atoms with Crippen LogP contribution in [0.3, 0.4) is 0 Å². The summed E-state index contributed by atoms with van der Waals surface area (Å²) in [4.78, 5) is 0. The van der Waals surface area contributed by atoms with Gasteiger partial charge in [-0.05, 0) is 29.5 Å². The van der Waals surface area contributed by atoms with E-state index in [4.69, 9.17) is 0 Å². The molecule has 0 atom stereocenters. The molecule has 1 aromatic carbocycles. The van der Waals surface area contributed by atoms with Gasteiger partial charge in [-0.25, -0.2) is 0 Å². The second kappa shape index (κ2) is 11.0. The van der Waals surface area contributed by atoms with Gasteiger partial charge in [0.1, 0.15) is 0 Å². The fourth-order valence-corrected chi connectivity index (χ4v) is 1.33. The molecule has 0 spiro atoms. The zero-order valence-corrected chi connectivity index (χ0v) is 14.6. The summed E-state index contributed by atoms with van der Waals surface area (Å²) in [6.07, 6.45) is 0. The Morgan fingerprint density at radius 2 is 1.32 bits per heavy atom. The van der Waals surface area contributed by atoms with Crippen molar-refractivity contribution in [2.75, 3.05) is 7.05 Å². The molecular formula is C18H35N. The van der Waals surface area contributed by atoms with E-state index < -0.39 is 0 Å². The van der Waals surface area contributed by atoms with Gasteiger partial charge in [-0.1, -0.05) is 79.7 Å². The van der Waals surface area contributed by atoms with E-state index >= 15 is 0 Å². The van der Waals surface area contributed by atoms with Gasteiger partial charge in [-0.2, -0.15) is 0 Å². The van der Waals surface area contributed by atoms with Crippen LogP contribution in [-0.2, 0) is 12.0 Å². The molecule has 1 rings (SSSR count). The molecule has 0 saturated carbocycles. The standard InChI is InChI=1S/C12H19N.C4H10.C2H6/c1-12(2,3)11-7-5-10(6-8-11)9-13-4;1-4(2)3;1-2/h5-8,13H,9H2,1-4H3;4H,1-3H3;1-2H3. The van der Waals surface area contributed by atoms with Crippen molar-refractivity contribution in [2.45, 2.75) is 67.3 Å². The van der Waals surface area contributed by atoms with Crippen molar-refractivity contribution in [1.82, 2.24) is 5.32 Å². The van der Waals surface area contributed by atoms with E-state index in [0.717, 1.165) is 12.5 Å². The van der Waals surface area contributed by atoms with Gasteiger partial charge in [0.2, 0.25) is 0 Å². The Morgan fingerprint density at radius 1 is 0.947 bits per heavy atom. The highest BCUT2D eigenvalue weighted by Gasteiger charge is 2.12. The number of hydrogen-bond donors (Lipinski definition) is 1. The molecule has 0 unspecified atom stereocenters. The van der Waals surface area contributed by atoms with Gasteiger partial charge >= 0.3 is 0 Å². The van der Waals surface area contributed by atoms with Crippen LogP contribution in [0, 0.1) is 5.92 Å². The molecule has 0 aromatic heterocycles. The molecule has 112 valence electrons. The monoisotopic (exact) mass is 265 g/mol. The number of nitrogens with one attached hydrogen (secondary N) is 1. The Morgan fingerprint density at radius 3 is 1.58 bits per heavy atom. The average molecular weight is 265 g/mol. The SMILES string of the molecule is CC.CC(C)C.CNCc1ccc(C(C)(C)C)cc1. The molecule has 1 nitrogen and oxygen atoms in total. The van der Waals surface area contributed by atoms with Crippen LogP contribution < -0.4 is 5.32 Å². The van der Waals surface area contributed by atoms with E-state index in [1.807, 2.05) is 20.9 Å². The summed E-state index contributed by atoms with van der Waals surface area (Å²) in [5, 5.41) is 3.14. The maximum Gasteiger partial charge on any atom is 0.0202 e. The molecule has 0 aliphatic carbocycles. The van der Waals surface area contributed by atoms with Gasteiger partial charge in [0.15, 0.2) is 0 Å². The van der Waals surface area contributed by atoms with Crippen molar-refractivity contribution >= 4 is 0 Å². The first-order valence-electron chi connectivity index (χ1n) is 7.51. The fourth-order valence-electron chi connectivity index (χ4n) is 1.33. The third kappa shape index (κ3) is 12.0. The summed E-state index contributed by atoms with van der Waals surface area (Å²) in [5.41, 5.74) is 3.00. The first-order chi connectivity index (χ1) is 8.77. The second-order valence-corrected chi connectivity index (χ2v) is 6.21. The summed E-state index contributed by atoms with van der Waals surface area (Å²) in [6.45, 7) is 18.2. The van der Waals surface area contributed by atoms with Crippen molar-refractivity contribution in [1.29, 1.82) is 0 Å². The van der Waals surface area contributed by atoms with Crippen molar-refractivity contribution in [3.8, 4) is 0 Å². The predicted molar refractivity (Wildman–Crippen MR) is 89.8 cm³/mol. The van der Waals surface area contributed by atoms with E-state index in [1.54, 1.807) is 0 Å². The summed E-state index contributed by atoms with van der Waals surface area (Å²) >= 11 is 0. The van der Waals surface area contributed by atoms with Crippen LogP contribution in [0.25, 0.3) is 0 Å². The molecule has 0 aliphatic rings. The number of hydrogen-bond acceptors (Lipinski definition) is 1. The molecule has 1 aromatic rings. The second-order valence-electron chi connectivity index (χ2n) is 6.21. The molecule has 1 heteroatoms. The van der Waals surface area contributed by atoms with Gasteiger partial charge < -0.3 is 5.32 Å². The zero-order valence-electron chi connectivity index (χ0n) is 14.6. The van der Waals surface area contributed by atoms with Crippen LogP contribution in [0.15, 0.2) is 24.3 Å². The fraction of sp³-hybridized carbons (Fsp3) is 0.667. The van der Waals surface area contributed by atoms with Crippen molar-refractivity contribution < 1.29 is 0 Å². The lowest BCUT2D eigenvalue weighted by molar-refractivity contribution is 0.590. The maximum absolute atomic E-state index is 3.14. The smallest absolute Gasteiger partial charge is 0.0202 e. The quantitative estimate of drug-likeness (QED) is 0.755. The van der Waals surface area contributed by atoms with Crippen molar-refractivity contribution in [3.05, 3.63) is 35.4 Å². The van der Waals surface area contributed by atoms with Crippen LogP contribution >= 0.6 is 0 Å². The third-order valence-electron chi connectivity index (χ3n) is 2.20. The minimum atomic E-state index is 0.262. The number of rotatable bonds is 2. The Kier molecular flexibility index (Phi) is 11.9. The zero-order chi connectivity index (χ0) is 15.5. The van der Waals surface area contributed by atoms with Crippen LogP contribution in [0.2, 0.25) is 0 Å². The van der Waals surface area contributed by atoms with Crippen molar-refractivity contribution in [2.24, 2.45) is 5.92 Å². The summed E-state index contributed by atoms with van der Waals surface area (Å²) in [6, 6.07) is 8.81. The van der Waals surface area contributed by atoms with E-state index in [0.29, 0.717) is 0 Å². The molecule has 19 heavy (non-hydrogen) atoms. The molecule has 0 bridgehead atoms. The lowest BCUT2D eigenvalue weighted by Crippen LogP contribution is -2.11. The Bertz CT molecular complexity index is 288. The first kappa shape index (κ1) is 20.5. The molecule has 0 radical (unpaired) electrons. The van der Waals surface area contributed by atoms with E-state index in [-0.39, 0.29) is 5.41 Å². The van der Waals surface area contributed by atoms with Crippen LogP contribution in [0.4, 0.5) is 0 Å². The van der Waals surface area contributed by atoms with Gasteiger partial charge in [0, 0.05) is 6.54 Å². The van der Waals surface area contributed by atoms with Crippen LogP contribution in [0.5, 0.6) is 0 Å². The minimum absolute atomic E-state index is 0.262. The first-order valence-corrected chi connectivity index (χ1v) is 7.51. The lowest BCUT2D eigenvalue weighted by atomic mass is 9.87. The topological polar surface area (TPSA) is 12.0 Å². The lowest BCUT2D eigenvalue weighted by Gasteiger charge is -2.19. The highest BCUT2D eigenvalue weighted by Crippen LogP contribution is 2.21. The normalized spacial score (nSPS) is 10.2. The maximum atomic E-state index is 3.14. The van der Waals surface area contributed by atoms with E-state index in [9.17, 15) is 0 Å². The largest absolute Gasteiger partial charge is 0.316 e. The molecule has 1 N–H and O–H groups in total. The van der Waals surface area contributed by atoms with E-state index in [2.05, 4.69) is 71.1 Å². The van der Waals surface area contributed by atoms with E-state index in [1.165, 1.54) is 11.1 Å².